The zero-order valence-corrected chi connectivity index (χ0v) is 21.4. The van der Waals surface area contributed by atoms with Crippen molar-refractivity contribution in [3.63, 3.8) is 0 Å². The number of alkyl halides is 13. The van der Waals surface area contributed by atoms with Gasteiger partial charge in [0.15, 0.2) is 0 Å². The highest BCUT2D eigenvalue weighted by Gasteiger charge is 2.90. The maximum Gasteiger partial charge on any atom is 0.460 e. The van der Waals surface area contributed by atoms with E-state index in [9.17, 15) is 53.4 Å². The van der Waals surface area contributed by atoms with E-state index in [0.717, 1.165) is 25.1 Å². The second kappa shape index (κ2) is 11.5. The third-order valence-electron chi connectivity index (χ3n) is 6.61. The number of hydrogen-bond donors (Lipinski definition) is 1. The second-order valence-corrected chi connectivity index (χ2v) is 9.46. The van der Waals surface area contributed by atoms with Crippen molar-refractivity contribution in [3.8, 4) is 5.75 Å². The lowest BCUT2D eigenvalue weighted by Crippen LogP contribution is -2.70. The Morgan fingerprint density at radius 1 is 0.707 bits per heavy atom. The van der Waals surface area contributed by atoms with E-state index >= 15 is 8.78 Å². The van der Waals surface area contributed by atoms with Crippen molar-refractivity contribution in [1.82, 2.24) is 0 Å². The molecule has 0 heterocycles. The summed E-state index contributed by atoms with van der Waals surface area (Å²) in [6, 6.07) is 10.7. The minimum Gasteiger partial charge on any atom is -0.494 e. The van der Waals surface area contributed by atoms with Crippen LogP contribution in [0.15, 0.2) is 54.6 Å². The predicted octanol–water partition coefficient (Wildman–Crippen LogP) is 8.99. The van der Waals surface area contributed by atoms with Crippen LogP contribution in [0.2, 0.25) is 0 Å². The van der Waals surface area contributed by atoms with Crippen LogP contribution in [-0.4, -0.2) is 47.5 Å². The van der Waals surface area contributed by atoms with Crippen molar-refractivity contribution < 1.29 is 66.9 Å². The van der Waals surface area contributed by atoms with Crippen molar-refractivity contribution in [1.29, 1.82) is 0 Å². The second-order valence-electron chi connectivity index (χ2n) is 9.46. The zero-order valence-electron chi connectivity index (χ0n) is 21.4. The minimum absolute atomic E-state index is 0.0351. The lowest BCUT2D eigenvalue weighted by atomic mass is 9.73. The topological polar surface area (TPSA) is 29.5 Å². The molecule has 41 heavy (non-hydrogen) atoms. The van der Waals surface area contributed by atoms with Gasteiger partial charge in [-0.15, -0.1) is 0 Å². The molecule has 0 bridgehead atoms. The van der Waals surface area contributed by atoms with E-state index < -0.39 is 59.3 Å². The molecule has 2 rings (SSSR count). The van der Waals surface area contributed by atoms with Crippen molar-refractivity contribution >= 4 is 0 Å². The molecule has 0 aliphatic carbocycles. The molecule has 2 atom stereocenters. The third-order valence-corrected chi connectivity index (χ3v) is 6.61. The Morgan fingerprint density at radius 2 is 1.24 bits per heavy atom. The molecule has 0 amide bonds. The molecule has 2 nitrogen and oxygen atoms in total. The fourth-order valence-electron chi connectivity index (χ4n) is 3.96. The predicted molar refractivity (Wildman–Crippen MR) is 121 cm³/mol. The highest BCUT2D eigenvalue weighted by molar-refractivity contribution is 5.37. The Bertz CT molecular complexity index is 1150. The molecule has 0 spiro atoms. The van der Waals surface area contributed by atoms with Gasteiger partial charge in [0.25, 0.3) is 0 Å². The van der Waals surface area contributed by atoms with Crippen LogP contribution in [0.3, 0.4) is 0 Å². The summed E-state index contributed by atoms with van der Waals surface area (Å²) in [5, 5.41) is 11.4. The van der Waals surface area contributed by atoms with Crippen molar-refractivity contribution in [2.75, 3.05) is 6.61 Å². The van der Waals surface area contributed by atoms with Gasteiger partial charge in [0.05, 0.1) is 13.0 Å². The minimum atomic E-state index is -8.03. The van der Waals surface area contributed by atoms with Crippen LogP contribution in [0.25, 0.3) is 0 Å². The molecule has 15 heteroatoms. The summed E-state index contributed by atoms with van der Waals surface area (Å²) in [4.78, 5) is 0. The molecule has 1 N–H and O–H groups in total. The largest absolute Gasteiger partial charge is 0.494 e. The molecule has 2 unspecified atom stereocenters. The van der Waals surface area contributed by atoms with Gasteiger partial charge in [-0.2, -0.15) is 57.1 Å². The summed E-state index contributed by atoms with van der Waals surface area (Å²) in [5.41, 5.74) is -3.99. The van der Waals surface area contributed by atoms with Crippen LogP contribution < -0.4 is 4.74 Å². The fourth-order valence-corrected chi connectivity index (χ4v) is 3.96. The number of halogens is 13. The number of aliphatic hydroxyl groups is 1. The Morgan fingerprint density at radius 3 is 1.76 bits per heavy atom. The van der Waals surface area contributed by atoms with Crippen LogP contribution in [0, 0.1) is 0 Å². The van der Waals surface area contributed by atoms with Crippen LogP contribution in [0.5, 0.6) is 5.75 Å². The summed E-state index contributed by atoms with van der Waals surface area (Å²) in [6.45, 7) is 2.88. The van der Waals surface area contributed by atoms with E-state index in [1.807, 2.05) is 0 Å². The van der Waals surface area contributed by atoms with E-state index in [4.69, 9.17) is 4.74 Å². The lowest BCUT2D eigenvalue weighted by molar-refractivity contribution is -0.441. The van der Waals surface area contributed by atoms with E-state index in [0.29, 0.717) is 12.8 Å². The summed E-state index contributed by atoms with van der Waals surface area (Å²) < 4.78 is 184. The maximum absolute atomic E-state index is 15.0. The highest BCUT2D eigenvalue weighted by atomic mass is 19.4. The van der Waals surface area contributed by atoms with E-state index in [1.165, 1.54) is 36.4 Å². The van der Waals surface area contributed by atoms with Crippen molar-refractivity contribution in [2.24, 2.45) is 0 Å². The van der Waals surface area contributed by atoms with Gasteiger partial charge in [-0.3, -0.25) is 0 Å². The van der Waals surface area contributed by atoms with E-state index in [-0.39, 0.29) is 17.9 Å². The average Bonchev–Trinajstić information content (AvgIpc) is 2.87. The molecule has 2 aromatic carbocycles. The van der Waals surface area contributed by atoms with Crippen molar-refractivity contribution in [2.45, 2.75) is 80.4 Å². The summed E-state index contributed by atoms with van der Waals surface area (Å²) in [7, 11) is 0. The standard InChI is InChI=1S/C26H25F13O2/c1-3-4-13-41-19-12-8-11-18(14-19)20(40,16(2)17-9-6-5-7-10-17)15-21(27,28)22(29,30)23(31,32)24(33,34)25(35,36)26(37,38)39/h5-12,14,16,40H,3-4,13,15H2,1-2H3. The van der Waals surface area contributed by atoms with Gasteiger partial charge in [-0.05, 0) is 29.7 Å². The first-order valence-corrected chi connectivity index (χ1v) is 12.0. The summed E-state index contributed by atoms with van der Waals surface area (Å²) >= 11 is 0. The monoisotopic (exact) mass is 616 g/mol. The molecule has 0 saturated carbocycles. The van der Waals surface area contributed by atoms with Gasteiger partial charge in [0, 0.05) is 5.92 Å². The molecule has 232 valence electrons. The Kier molecular flexibility index (Phi) is 9.69. The van der Waals surface area contributed by atoms with Crippen LogP contribution in [0.4, 0.5) is 57.1 Å². The average molecular weight is 616 g/mol. The molecule has 0 aromatic heterocycles. The smallest absolute Gasteiger partial charge is 0.460 e. The van der Waals surface area contributed by atoms with Gasteiger partial charge in [0.1, 0.15) is 11.4 Å². The molecule has 0 radical (unpaired) electrons. The molecule has 0 aliphatic rings. The first kappa shape index (κ1) is 34.5. The number of benzene rings is 2. The van der Waals surface area contributed by atoms with Gasteiger partial charge < -0.3 is 9.84 Å². The Hall–Kier alpha value is -2.71. The number of hydrogen-bond acceptors (Lipinski definition) is 2. The van der Waals surface area contributed by atoms with Gasteiger partial charge in [-0.1, -0.05) is 62.7 Å². The van der Waals surface area contributed by atoms with Gasteiger partial charge >= 0.3 is 35.8 Å². The highest BCUT2D eigenvalue weighted by Crippen LogP contribution is 2.62. The van der Waals surface area contributed by atoms with Crippen LogP contribution in [-0.2, 0) is 5.60 Å². The van der Waals surface area contributed by atoms with E-state index in [1.54, 1.807) is 6.92 Å². The van der Waals surface area contributed by atoms with E-state index in [2.05, 4.69) is 0 Å². The molecule has 0 fully saturated rings. The molecular weight excluding hydrogens is 591 g/mol. The zero-order chi connectivity index (χ0) is 31.7. The first-order chi connectivity index (χ1) is 18.5. The molecular formula is C26H25F13O2. The Balaban J connectivity index is 2.68. The molecule has 0 aliphatic heterocycles. The van der Waals surface area contributed by atoms with Crippen LogP contribution >= 0.6 is 0 Å². The molecule has 0 saturated heterocycles. The summed E-state index contributed by atoms with van der Waals surface area (Å²) in [5.74, 6) is -39.6. The quantitative estimate of drug-likeness (QED) is 0.180. The van der Waals surface area contributed by atoms with Gasteiger partial charge in [-0.25, -0.2) is 0 Å². The normalized spacial score (nSPS) is 16.3. The third kappa shape index (κ3) is 6.09. The fraction of sp³-hybridized carbons (Fsp3) is 0.538. The van der Waals surface area contributed by atoms with Crippen LogP contribution in [0.1, 0.15) is 50.2 Å². The SMILES string of the molecule is CCCCOc1cccc(C(O)(CC(F)(F)C(F)(F)C(F)(F)C(F)(F)C(F)(F)C(F)(F)F)C(C)c2ccccc2)c1. The Labute approximate surface area is 226 Å². The maximum atomic E-state index is 15.0. The first-order valence-electron chi connectivity index (χ1n) is 12.0. The number of unbranched alkanes of at least 4 members (excludes halogenated alkanes) is 1. The summed E-state index contributed by atoms with van der Waals surface area (Å²) in [6.07, 6.45) is -9.15. The van der Waals surface area contributed by atoms with Crippen molar-refractivity contribution in [3.05, 3.63) is 65.7 Å². The van der Waals surface area contributed by atoms with Gasteiger partial charge in [0.2, 0.25) is 0 Å². The number of rotatable bonds is 13. The number of ether oxygens (including phenoxy) is 1. The lowest BCUT2D eigenvalue weighted by Gasteiger charge is -2.43. The molecule has 2 aromatic rings.